The number of carbonyl (C=O) groups is 1. The van der Waals surface area contributed by atoms with E-state index in [1.54, 1.807) is 4.90 Å². The van der Waals surface area contributed by atoms with Gasteiger partial charge in [0, 0.05) is 18.8 Å². The first-order valence-electron chi connectivity index (χ1n) is 7.62. The van der Waals surface area contributed by atoms with Crippen LogP contribution in [0.3, 0.4) is 0 Å². The Morgan fingerprint density at radius 3 is 2.43 bits per heavy atom. The van der Waals surface area contributed by atoms with Crippen molar-refractivity contribution in [2.75, 3.05) is 18.4 Å². The van der Waals surface area contributed by atoms with Crippen LogP contribution in [0, 0.1) is 11.5 Å². The van der Waals surface area contributed by atoms with E-state index in [4.69, 9.17) is 5.26 Å². The maximum absolute atomic E-state index is 12.0. The fraction of sp³-hybridized carbons (Fsp3) is 0.222. The molecule has 2 N–H and O–H groups in total. The van der Waals surface area contributed by atoms with Crippen molar-refractivity contribution in [3.63, 3.8) is 0 Å². The Morgan fingerprint density at radius 2 is 1.78 bits per heavy atom. The summed E-state index contributed by atoms with van der Waals surface area (Å²) in [6.07, 6.45) is 2.90. The normalized spacial score (nSPS) is 16.7. The Balaban J connectivity index is 1.56. The largest absolute Gasteiger partial charge is 0.333 e. The molecular weight excluding hydrogens is 288 g/mol. The molecule has 1 atom stereocenters. The number of benzene rings is 2. The number of hydrogen-bond acceptors (Lipinski definition) is 3. The van der Waals surface area contributed by atoms with Gasteiger partial charge in [0.05, 0.1) is 6.04 Å². The number of likely N-dealkylation sites (tertiary alicyclic amines) is 1. The third-order valence-corrected chi connectivity index (χ3v) is 3.91. The Hall–Kier alpha value is -3.00. The van der Waals surface area contributed by atoms with E-state index in [0.29, 0.717) is 13.1 Å². The topological polar surface area (TPSA) is 68.2 Å². The first-order valence-corrected chi connectivity index (χ1v) is 7.62. The summed E-state index contributed by atoms with van der Waals surface area (Å²) < 4.78 is 0. The molecule has 1 aliphatic heterocycles. The lowest BCUT2D eigenvalue weighted by atomic mass is 10.1. The second kappa shape index (κ2) is 6.84. The zero-order valence-electron chi connectivity index (χ0n) is 12.7. The van der Waals surface area contributed by atoms with Crippen molar-refractivity contribution in [2.45, 2.75) is 12.5 Å². The van der Waals surface area contributed by atoms with Crippen molar-refractivity contribution in [2.24, 2.45) is 0 Å². The van der Waals surface area contributed by atoms with Gasteiger partial charge in [0.2, 0.25) is 0 Å². The maximum atomic E-state index is 12.0. The maximum Gasteiger partial charge on any atom is 0.319 e. The number of anilines is 1. The van der Waals surface area contributed by atoms with E-state index < -0.39 is 0 Å². The van der Waals surface area contributed by atoms with E-state index in [9.17, 15) is 4.79 Å². The first kappa shape index (κ1) is 14.9. The van der Waals surface area contributed by atoms with Gasteiger partial charge in [-0.05, 0) is 29.7 Å². The van der Waals surface area contributed by atoms with Crippen LogP contribution < -0.4 is 10.6 Å². The fourth-order valence-corrected chi connectivity index (χ4v) is 2.70. The number of hydrogen-bond donors (Lipinski definition) is 2. The van der Waals surface area contributed by atoms with Crippen molar-refractivity contribution in [3.05, 3.63) is 54.6 Å². The van der Waals surface area contributed by atoms with E-state index in [1.165, 1.54) is 0 Å². The Labute approximate surface area is 135 Å². The summed E-state index contributed by atoms with van der Waals surface area (Å²) in [5, 5.41) is 14.5. The van der Waals surface area contributed by atoms with E-state index in [0.717, 1.165) is 23.2 Å². The third-order valence-electron chi connectivity index (χ3n) is 3.91. The first-order chi connectivity index (χ1) is 11.2. The van der Waals surface area contributed by atoms with Crippen LogP contribution in [0.15, 0.2) is 54.6 Å². The Morgan fingerprint density at radius 1 is 1.09 bits per heavy atom. The number of nitrogens with one attached hydrogen (secondary N) is 2. The molecule has 2 aromatic rings. The monoisotopic (exact) mass is 306 g/mol. The number of nitrogens with zero attached hydrogens (tertiary/aromatic N) is 2. The molecule has 3 rings (SSSR count). The average Bonchev–Trinajstić information content (AvgIpc) is 3.04. The second-order valence-corrected chi connectivity index (χ2v) is 5.57. The van der Waals surface area contributed by atoms with Crippen LogP contribution in [0.1, 0.15) is 6.42 Å². The number of amides is 2. The molecule has 1 heterocycles. The summed E-state index contributed by atoms with van der Waals surface area (Å²) in [5.74, 6) is 0. The van der Waals surface area contributed by atoms with Crippen LogP contribution in [0.25, 0.3) is 11.1 Å². The molecule has 23 heavy (non-hydrogen) atoms. The zero-order chi connectivity index (χ0) is 16.1. The van der Waals surface area contributed by atoms with Gasteiger partial charge in [0.1, 0.15) is 0 Å². The fourth-order valence-electron chi connectivity index (χ4n) is 2.70. The molecule has 1 fully saturated rings. The van der Waals surface area contributed by atoms with Gasteiger partial charge < -0.3 is 15.5 Å². The molecule has 5 nitrogen and oxygen atoms in total. The number of urea groups is 1. The predicted octanol–water partition coefficient (Wildman–Crippen LogP) is 3.03. The lowest BCUT2D eigenvalue weighted by Gasteiger charge is -2.13. The summed E-state index contributed by atoms with van der Waals surface area (Å²) in [7, 11) is 0. The van der Waals surface area contributed by atoms with Crippen LogP contribution in [0.4, 0.5) is 10.5 Å². The Kier molecular flexibility index (Phi) is 4.44. The minimum absolute atomic E-state index is 0.0261. The van der Waals surface area contributed by atoms with E-state index in [-0.39, 0.29) is 12.1 Å². The molecule has 116 valence electrons. The van der Waals surface area contributed by atoms with Crippen molar-refractivity contribution in [1.82, 2.24) is 10.2 Å². The summed E-state index contributed by atoms with van der Waals surface area (Å²) in [5.41, 5.74) is 3.00. The smallest absolute Gasteiger partial charge is 0.319 e. The van der Waals surface area contributed by atoms with Crippen molar-refractivity contribution in [1.29, 1.82) is 5.26 Å². The lowest BCUT2D eigenvalue weighted by Crippen LogP contribution is -2.39. The van der Waals surface area contributed by atoms with E-state index >= 15 is 0 Å². The summed E-state index contributed by atoms with van der Waals surface area (Å²) >= 11 is 0. The molecule has 0 radical (unpaired) electrons. The number of carbonyl (C=O) groups excluding carboxylic acids is 1. The zero-order valence-corrected chi connectivity index (χ0v) is 12.7. The minimum Gasteiger partial charge on any atom is -0.333 e. The molecule has 0 aromatic heterocycles. The standard InChI is InChI=1S/C18H18N4O/c19-13-22-11-10-17(12-22)21-18(23)20-16-8-6-15(7-9-16)14-4-2-1-3-5-14/h1-9,17H,10-12H2,(H2,20,21,23). The second-order valence-electron chi connectivity index (χ2n) is 5.57. The van der Waals surface area contributed by atoms with Gasteiger partial charge in [-0.15, -0.1) is 0 Å². The molecule has 0 saturated carbocycles. The highest BCUT2D eigenvalue weighted by atomic mass is 16.2. The molecule has 1 saturated heterocycles. The molecule has 0 spiro atoms. The van der Waals surface area contributed by atoms with Gasteiger partial charge in [-0.25, -0.2) is 4.79 Å². The molecule has 0 bridgehead atoms. The third kappa shape index (κ3) is 3.80. The van der Waals surface area contributed by atoms with E-state index in [2.05, 4.69) is 29.0 Å². The highest BCUT2D eigenvalue weighted by Crippen LogP contribution is 2.21. The quantitative estimate of drug-likeness (QED) is 0.856. The van der Waals surface area contributed by atoms with Crippen LogP contribution in [-0.4, -0.2) is 30.1 Å². The molecule has 1 unspecified atom stereocenters. The predicted molar refractivity (Wildman–Crippen MR) is 89.6 cm³/mol. The van der Waals surface area contributed by atoms with Gasteiger partial charge in [-0.2, -0.15) is 5.26 Å². The van der Waals surface area contributed by atoms with Crippen LogP contribution in [0.5, 0.6) is 0 Å². The summed E-state index contributed by atoms with van der Waals surface area (Å²) in [6.45, 7) is 1.28. The van der Waals surface area contributed by atoms with Crippen LogP contribution in [0.2, 0.25) is 0 Å². The van der Waals surface area contributed by atoms with Gasteiger partial charge >= 0.3 is 6.03 Å². The van der Waals surface area contributed by atoms with Gasteiger partial charge in [-0.3, -0.25) is 0 Å². The molecule has 1 aliphatic rings. The highest BCUT2D eigenvalue weighted by Gasteiger charge is 2.22. The van der Waals surface area contributed by atoms with Crippen LogP contribution in [-0.2, 0) is 0 Å². The number of rotatable bonds is 3. The average molecular weight is 306 g/mol. The molecular formula is C18H18N4O. The van der Waals surface area contributed by atoms with Gasteiger partial charge in [0.15, 0.2) is 6.19 Å². The van der Waals surface area contributed by atoms with Gasteiger partial charge in [0.25, 0.3) is 0 Å². The Bertz CT molecular complexity index is 706. The van der Waals surface area contributed by atoms with Crippen LogP contribution >= 0.6 is 0 Å². The van der Waals surface area contributed by atoms with Crippen molar-refractivity contribution >= 4 is 11.7 Å². The van der Waals surface area contributed by atoms with Crippen molar-refractivity contribution in [3.8, 4) is 17.3 Å². The highest BCUT2D eigenvalue weighted by molar-refractivity contribution is 5.89. The number of nitriles is 1. The van der Waals surface area contributed by atoms with Gasteiger partial charge in [-0.1, -0.05) is 42.5 Å². The molecule has 2 amide bonds. The summed E-state index contributed by atoms with van der Waals surface area (Å²) in [6, 6.07) is 17.6. The molecule has 0 aliphatic carbocycles. The summed E-state index contributed by atoms with van der Waals surface area (Å²) in [4.78, 5) is 13.6. The molecule has 5 heteroatoms. The molecule has 2 aromatic carbocycles. The lowest BCUT2D eigenvalue weighted by molar-refractivity contribution is 0.248. The van der Waals surface area contributed by atoms with E-state index in [1.807, 2.05) is 42.5 Å². The SMILES string of the molecule is N#CN1CCC(NC(=O)Nc2ccc(-c3ccccc3)cc2)C1. The minimum atomic E-state index is -0.234. The van der Waals surface area contributed by atoms with Crippen molar-refractivity contribution < 1.29 is 4.79 Å².